The van der Waals surface area contributed by atoms with Crippen LogP contribution in [0.25, 0.3) is 0 Å². The van der Waals surface area contributed by atoms with Crippen molar-refractivity contribution in [1.82, 2.24) is 0 Å². The van der Waals surface area contributed by atoms with Gasteiger partial charge in [0.1, 0.15) is 6.10 Å². The molecule has 0 amide bonds. The van der Waals surface area contributed by atoms with Crippen LogP contribution in [0, 0.1) is 5.92 Å². The van der Waals surface area contributed by atoms with Crippen LogP contribution in [-0.2, 0) is 19.1 Å². The summed E-state index contributed by atoms with van der Waals surface area (Å²) in [5, 5.41) is 0. The second-order valence-corrected chi connectivity index (χ2v) is 8.35. The highest BCUT2D eigenvalue weighted by Crippen LogP contribution is 2.21. The Morgan fingerprint density at radius 2 is 1.17 bits per heavy atom. The molecular formula is C25H48O4. The van der Waals surface area contributed by atoms with E-state index in [4.69, 9.17) is 9.47 Å². The minimum atomic E-state index is -0.138. The van der Waals surface area contributed by atoms with Crippen LogP contribution in [0.2, 0.25) is 0 Å². The first-order chi connectivity index (χ1) is 14.1. The molecule has 0 saturated carbocycles. The van der Waals surface area contributed by atoms with E-state index in [0.717, 1.165) is 51.4 Å². The summed E-state index contributed by atoms with van der Waals surface area (Å²) in [5.41, 5.74) is 0. The Balaban J connectivity index is 4.35. The standard InChI is InChI=1S/C25H48O4/c1-5-9-12-14-16-19-24(26)28-21-22(8-4)23(18-11-7-3)29-25(27)20-17-15-13-10-6-2/h22-23H,5-21H2,1-4H3. The van der Waals surface area contributed by atoms with E-state index in [2.05, 4.69) is 27.7 Å². The Labute approximate surface area is 180 Å². The maximum atomic E-state index is 12.3. The summed E-state index contributed by atoms with van der Waals surface area (Å²) in [6.45, 7) is 8.97. The van der Waals surface area contributed by atoms with Gasteiger partial charge in [0, 0.05) is 18.8 Å². The van der Waals surface area contributed by atoms with Gasteiger partial charge >= 0.3 is 11.9 Å². The molecule has 0 saturated heterocycles. The van der Waals surface area contributed by atoms with Crippen molar-refractivity contribution in [1.29, 1.82) is 0 Å². The van der Waals surface area contributed by atoms with Crippen molar-refractivity contribution in [3.05, 3.63) is 0 Å². The van der Waals surface area contributed by atoms with Gasteiger partial charge in [-0.3, -0.25) is 9.59 Å². The molecule has 29 heavy (non-hydrogen) atoms. The quantitative estimate of drug-likeness (QED) is 0.155. The van der Waals surface area contributed by atoms with E-state index in [0.29, 0.717) is 19.4 Å². The van der Waals surface area contributed by atoms with Gasteiger partial charge in [-0.05, 0) is 25.7 Å². The maximum Gasteiger partial charge on any atom is 0.306 e. The topological polar surface area (TPSA) is 52.6 Å². The number of hydrogen-bond donors (Lipinski definition) is 0. The van der Waals surface area contributed by atoms with E-state index in [1.165, 1.54) is 38.5 Å². The zero-order valence-electron chi connectivity index (χ0n) is 19.8. The second kappa shape index (κ2) is 20.2. The van der Waals surface area contributed by atoms with Crippen molar-refractivity contribution in [3.8, 4) is 0 Å². The van der Waals surface area contributed by atoms with Gasteiger partial charge in [0.25, 0.3) is 0 Å². The number of carbonyl (C=O) groups excluding carboxylic acids is 2. The highest BCUT2D eigenvalue weighted by atomic mass is 16.6. The van der Waals surface area contributed by atoms with Crippen molar-refractivity contribution in [2.45, 2.75) is 137 Å². The summed E-state index contributed by atoms with van der Waals surface area (Å²) in [6.07, 6.45) is 15.9. The average Bonchev–Trinajstić information content (AvgIpc) is 2.71. The molecule has 0 aromatic rings. The van der Waals surface area contributed by atoms with Crippen molar-refractivity contribution >= 4 is 11.9 Å². The predicted octanol–water partition coefficient (Wildman–Crippen LogP) is 7.38. The van der Waals surface area contributed by atoms with Gasteiger partial charge in [-0.1, -0.05) is 91.9 Å². The minimum absolute atomic E-state index is 0.0923. The van der Waals surface area contributed by atoms with Gasteiger partial charge in [-0.15, -0.1) is 0 Å². The molecule has 0 aliphatic rings. The van der Waals surface area contributed by atoms with E-state index in [-0.39, 0.29) is 24.0 Å². The van der Waals surface area contributed by atoms with Crippen LogP contribution in [0.4, 0.5) is 0 Å². The molecule has 0 radical (unpaired) electrons. The average molecular weight is 413 g/mol. The first-order valence-corrected chi connectivity index (χ1v) is 12.4. The third kappa shape index (κ3) is 16.4. The number of esters is 2. The Morgan fingerprint density at radius 3 is 1.69 bits per heavy atom. The first kappa shape index (κ1) is 27.9. The Hall–Kier alpha value is -1.06. The molecular weight excluding hydrogens is 364 g/mol. The maximum absolute atomic E-state index is 12.3. The molecule has 0 N–H and O–H groups in total. The molecule has 4 nitrogen and oxygen atoms in total. The van der Waals surface area contributed by atoms with E-state index in [9.17, 15) is 9.59 Å². The van der Waals surface area contributed by atoms with Crippen molar-refractivity contribution < 1.29 is 19.1 Å². The van der Waals surface area contributed by atoms with Crippen LogP contribution in [0.1, 0.15) is 130 Å². The zero-order valence-corrected chi connectivity index (χ0v) is 19.8. The highest BCUT2D eigenvalue weighted by molar-refractivity contribution is 5.70. The van der Waals surface area contributed by atoms with E-state index in [1.807, 2.05) is 0 Å². The van der Waals surface area contributed by atoms with Gasteiger partial charge in [-0.2, -0.15) is 0 Å². The molecule has 4 heteroatoms. The van der Waals surface area contributed by atoms with Crippen LogP contribution in [0.15, 0.2) is 0 Å². The fourth-order valence-corrected chi connectivity index (χ4v) is 3.53. The van der Waals surface area contributed by atoms with E-state index in [1.54, 1.807) is 0 Å². The van der Waals surface area contributed by atoms with Gasteiger partial charge in [0.15, 0.2) is 0 Å². The predicted molar refractivity (Wildman–Crippen MR) is 121 cm³/mol. The fraction of sp³-hybridized carbons (Fsp3) is 0.920. The lowest BCUT2D eigenvalue weighted by molar-refractivity contribution is -0.156. The van der Waals surface area contributed by atoms with Crippen molar-refractivity contribution in [3.63, 3.8) is 0 Å². The summed E-state index contributed by atoms with van der Waals surface area (Å²) < 4.78 is 11.4. The van der Waals surface area contributed by atoms with Gasteiger partial charge < -0.3 is 9.47 Å². The zero-order chi connectivity index (χ0) is 21.7. The number of hydrogen-bond acceptors (Lipinski definition) is 4. The summed E-state index contributed by atoms with van der Waals surface area (Å²) in [5.74, 6) is -0.116. The third-order valence-corrected chi connectivity index (χ3v) is 5.60. The number of rotatable bonds is 20. The molecule has 2 atom stereocenters. The van der Waals surface area contributed by atoms with E-state index < -0.39 is 0 Å². The monoisotopic (exact) mass is 412 g/mol. The number of ether oxygens (including phenoxy) is 2. The summed E-state index contributed by atoms with van der Waals surface area (Å²) >= 11 is 0. The normalized spacial score (nSPS) is 13.1. The largest absolute Gasteiger partial charge is 0.465 e. The molecule has 0 aromatic carbocycles. The highest BCUT2D eigenvalue weighted by Gasteiger charge is 2.25. The fourth-order valence-electron chi connectivity index (χ4n) is 3.53. The van der Waals surface area contributed by atoms with Gasteiger partial charge in [0.2, 0.25) is 0 Å². The first-order valence-electron chi connectivity index (χ1n) is 12.4. The molecule has 0 fully saturated rings. The molecule has 172 valence electrons. The lowest BCUT2D eigenvalue weighted by atomic mass is 9.95. The van der Waals surface area contributed by atoms with Crippen LogP contribution < -0.4 is 0 Å². The number of unbranched alkanes of at least 4 members (excludes halogenated alkanes) is 9. The SMILES string of the molecule is CCCCCCCC(=O)OCC(CC)C(CCCC)OC(=O)CCCCCCC. The molecule has 2 unspecified atom stereocenters. The Kier molecular flexibility index (Phi) is 19.5. The summed E-state index contributed by atoms with van der Waals surface area (Å²) in [4.78, 5) is 24.4. The molecule has 0 bridgehead atoms. The second-order valence-electron chi connectivity index (χ2n) is 8.35. The summed E-state index contributed by atoms with van der Waals surface area (Å²) in [7, 11) is 0. The van der Waals surface area contributed by atoms with Gasteiger partial charge in [-0.25, -0.2) is 0 Å². The van der Waals surface area contributed by atoms with Crippen LogP contribution in [0.5, 0.6) is 0 Å². The molecule has 0 aliphatic carbocycles. The molecule has 0 rings (SSSR count). The van der Waals surface area contributed by atoms with Crippen molar-refractivity contribution in [2.75, 3.05) is 6.61 Å². The lowest BCUT2D eigenvalue weighted by Gasteiger charge is -2.26. The molecule has 0 heterocycles. The molecule has 0 spiro atoms. The lowest BCUT2D eigenvalue weighted by Crippen LogP contribution is -2.31. The summed E-state index contributed by atoms with van der Waals surface area (Å²) in [6, 6.07) is 0. The van der Waals surface area contributed by atoms with E-state index >= 15 is 0 Å². The smallest absolute Gasteiger partial charge is 0.306 e. The minimum Gasteiger partial charge on any atom is -0.465 e. The Morgan fingerprint density at radius 1 is 0.655 bits per heavy atom. The molecule has 0 aromatic heterocycles. The van der Waals surface area contributed by atoms with Crippen LogP contribution in [-0.4, -0.2) is 24.6 Å². The van der Waals surface area contributed by atoms with Crippen molar-refractivity contribution in [2.24, 2.45) is 5.92 Å². The van der Waals surface area contributed by atoms with Gasteiger partial charge in [0.05, 0.1) is 6.61 Å². The van der Waals surface area contributed by atoms with Crippen LogP contribution >= 0.6 is 0 Å². The Bertz CT molecular complexity index is 394. The number of carbonyl (C=O) groups is 2. The molecule has 0 aliphatic heterocycles. The third-order valence-electron chi connectivity index (χ3n) is 5.60. The van der Waals surface area contributed by atoms with Crippen LogP contribution in [0.3, 0.4) is 0 Å².